The van der Waals surface area contributed by atoms with Crippen LogP contribution in [0.1, 0.15) is 36.9 Å². The van der Waals surface area contributed by atoms with Crippen LogP contribution in [0.4, 0.5) is 0 Å². The van der Waals surface area contributed by atoms with Crippen LogP contribution in [-0.4, -0.2) is 36.2 Å². The minimum Gasteiger partial charge on any atom is -0.506 e. The van der Waals surface area contributed by atoms with Gasteiger partial charge in [-0.15, -0.1) is 0 Å². The molecule has 0 radical (unpaired) electrons. The van der Waals surface area contributed by atoms with Crippen LogP contribution in [0.3, 0.4) is 0 Å². The largest absolute Gasteiger partial charge is 0.506 e. The normalized spacial score (nSPS) is 17.6. The van der Waals surface area contributed by atoms with E-state index in [0.29, 0.717) is 10.0 Å². The van der Waals surface area contributed by atoms with Crippen molar-refractivity contribution >= 4 is 15.9 Å². The highest BCUT2D eigenvalue weighted by Gasteiger charge is 2.25. The third kappa shape index (κ3) is 3.32. The summed E-state index contributed by atoms with van der Waals surface area (Å²) < 4.78 is 0.600. The van der Waals surface area contributed by atoms with Gasteiger partial charge in [-0.2, -0.15) is 5.26 Å². The molecule has 1 heterocycles. The fraction of sp³-hybridized carbons (Fsp3) is 0.533. The zero-order valence-corrected chi connectivity index (χ0v) is 13.3. The lowest BCUT2D eigenvalue weighted by Gasteiger charge is -2.35. The molecule has 0 spiro atoms. The van der Waals surface area contributed by atoms with Crippen molar-refractivity contribution in [1.29, 1.82) is 5.26 Å². The quantitative estimate of drug-likeness (QED) is 0.886. The van der Waals surface area contributed by atoms with Crippen LogP contribution in [0.25, 0.3) is 0 Å². The van der Waals surface area contributed by atoms with Crippen molar-refractivity contribution in [3.63, 3.8) is 0 Å². The predicted octanol–water partition coefficient (Wildman–Crippen LogP) is 2.77. The molecule has 1 aliphatic heterocycles. The monoisotopic (exact) mass is 337 g/mol. The number of benzene rings is 1. The molecule has 1 aromatic carbocycles. The minimum absolute atomic E-state index is 0.173. The second-order valence-electron chi connectivity index (χ2n) is 5.10. The minimum atomic E-state index is 0.173. The smallest absolute Gasteiger partial charge is 0.134 e. The van der Waals surface area contributed by atoms with E-state index < -0.39 is 0 Å². The molecule has 1 atom stereocenters. The number of piperazine rings is 1. The number of hydrogen-bond donors (Lipinski definition) is 2. The van der Waals surface area contributed by atoms with Crippen molar-refractivity contribution in [3.05, 3.63) is 27.7 Å². The third-order valence-corrected chi connectivity index (χ3v) is 4.34. The van der Waals surface area contributed by atoms with E-state index in [1.165, 1.54) is 0 Å². The molecule has 0 bridgehead atoms. The molecule has 20 heavy (non-hydrogen) atoms. The molecule has 5 heteroatoms. The van der Waals surface area contributed by atoms with Crippen molar-refractivity contribution < 1.29 is 5.11 Å². The van der Waals surface area contributed by atoms with Crippen LogP contribution in [0.15, 0.2) is 16.6 Å². The third-order valence-electron chi connectivity index (χ3n) is 3.74. The van der Waals surface area contributed by atoms with Crippen LogP contribution in [-0.2, 0) is 0 Å². The first-order valence-electron chi connectivity index (χ1n) is 7.04. The fourth-order valence-electron chi connectivity index (χ4n) is 2.74. The summed E-state index contributed by atoms with van der Waals surface area (Å²) >= 11 is 3.35. The maximum atomic E-state index is 10.3. The van der Waals surface area contributed by atoms with Crippen molar-refractivity contribution in [2.24, 2.45) is 0 Å². The Balaban J connectivity index is 2.37. The van der Waals surface area contributed by atoms with E-state index in [4.69, 9.17) is 5.26 Å². The molecule has 4 nitrogen and oxygen atoms in total. The highest BCUT2D eigenvalue weighted by molar-refractivity contribution is 9.10. The molecular formula is C15H20BrN3O. The van der Waals surface area contributed by atoms with Crippen LogP contribution < -0.4 is 5.32 Å². The maximum Gasteiger partial charge on any atom is 0.134 e. The molecule has 108 valence electrons. The van der Waals surface area contributed by atoms with Crippen molar-refractivity contribution in [2.45, 2.75) is 25.8 Å². The highest BCUT2D eigenvalue weighted by atomic mass is 79.9. The molecule has 0 amide bonds. The van der Waals surface area contributed by atoms with Gasteiger partial charge < -0.3 is 10.4 Å². The van der Waals surface area contributed by atoms with Crippen molar-refractivity contribution in [3.8, 4) is 11.8 Å². The molecule has 1 fully saturated rings. The Morgan fingerprint density at radius 2 is 2.15 bits per heavy atom. The lowest BCUT2D eigenvalue weighted by molar-refractivity contribution is 0.162. The standard InChI is InChI=1S/C15H20BrN3O/c1-2-3-14(19-6-4-18-5-7-19)12-8-11(10-17)9-13(16)15(12)20/h8-9,14,18,20H,2-7H2,1H3/t14-/m1/s1. The number of nitrogens with one attached hydrogen (secondary N) is 1. The van der Waals surface area contributed by atoms with Crippen molar-refractivity contribution in [1.82, 2.24) is 10.2 Å². The maximum absolute atomic E-state index is 10.3. The molecular weight excluding hydrogens is 318 g/mol. The number of nitrogens with zero attached hydrogens (tertiary/aromatic N) is 2. The van der Waals surface area contributed by atoms with E-state index in [-0.39, 0.29) is 11.8 Å². The van der Waals surface area contributed by atoms with Gasteiger partial charge in [0.2, 0.25) is 0 Å². The summed E-state index contributed by atoms with van der Waals surface area (Å²) in [7, 11) is 0. The van der Waals surface area contributed by atoms with Gasteiger partial charge in [0.1, 0.15) is 5.75 Å². The number of phenols is 1. The van der Waals surface area contributed by atoms with Gasteiger partial charge in [-0.3, -0.25) is 4.90 Å². The van der Waals surface area contributed by atoms with Crippen LogP contribution in [0.2, 0.25) is 0 Å². The first kappa shape index (κ1) is 15.3. The highest BCUT2D eigenvalue weighted by Crippen LogP contribution is 2.37. The van der Waals surface area contributed by atoms with Gasteiger partial charge in [0.25, 0.3) is 0 Å². The summed E-state index contributed by atoms with van der Waals surface area (Å²) in [4.78, 5) is 2.39. The van der Waals surface area contributed by atoms with Gasteiger partial charge in [0.15, 0.2) is 0 Å². The van der Waals surface area contributed by atoms with Gasteiger partial charge in [0.05, 0.1) is 16.1 Å². The van der Waals surface area contributed by atoms with E-state index in [9.17, 15) is 5.11 Å². The summed E-state index contributed by atoms with van der Waals surface area (Å²) in [6.45, 7) is 6.03. The number of rotatable bonds is 4. The SMILES string of the molecule is CCC[C@H](c1cc(C#N)cc(Br)c1O)N1CCNCC1. The second-order valence-corrected chi connectivity index (χ2v) is 5.95. The Kier molecular flexibility index (Phi) is 5.41. The molecule has 0 aromatic heterocycles. The Labute approximate surface area is 128 Å². The van der Waals surface area contributed by atoms with Gasteiger partial charge in [0, 0.05) is 37.8 Å². The lowest BCUT2D eigenvalue weighted by Crippen LogP contribution is -2.45. The number of hydrogen-bond acceptors (Lipinski definition) is 4. The Hall–Kier alpha value is -1.09. The molecule has 2 N–H and O–H groups in total. The summed E-state index contributed by atoms with van der Waals surface area (Å²) in [5.74, 6) is 0.265. The Morgan fingerprint density at radius 3 is 2.75 bits per heavy atom. The molecule has 0 aliphatic carbocycles. The average molecular weight is 338 g/mol. The zero-order chi connectivity index (χ0) is 14.5. The summed E-state index contributed by atoms with van der Waals surface area (Å²) in [6.07, 6.45) is 2.03. The van der Waals surface area contributed by atoms with E-state index >= 15 is 0 Å². The van der Waals surface area contributed by atoms with Crippen LogP contribution >= 0.6 is 15.9 Å². The molecule has 0 saturated carbocycles. The first-order chi connectivity index (χ1) is 9.67. The van der Waals surface area contributed by atoms with Crippen LogP contribution in [0, 0.1) is 11.3 Å². The second kappa shape index (κ2) is 7.07. The number of aromatic hydroxyl groups is 1. The molecule has 1 saturated heterocycles. The summed E-state index contributed by atoms with van der Waals surface area (Å²) in [6, 6.07) is 5.82. The van der Waals surface area contributed by atoms with Gasteiger partial charge >= 0.3 is 0 Å². The summed E-state index contributed by atoms with van der Waals surface area (Å²) in [5, 5.41) is 22.8. The average Bonchev–Trinajstić information content (AvgIpc) is 2.48. The van der Waals surface area contributed by atoms with E-state index in [1.54, 1.807) is 6.07 Å². The number of nitriles is 1. The van der Waals surface area contributed by atoms with Crippen molar-refractivity contribution in [2.75, 3.05) is 26.2 Å². The van der Waals surface area contributed by atoms with E-state index in [2.05, 4.69) is 39.1 Å². The van der Waals surface area contributed by atoms with E-state index in [0.717, 1.165) is 44.6 Å². The summed E-state index contributed by atoms with van der Waals surface area (Å²) in [5.41, 5.74) is 1.44. The predicted molar refractivity (Wildman–Crippen MR) is 82.6 cm³/mol. The van der Waals surface area contributed by atoms with E-state index in [1.807, 2.05) is 6.07 Å². The zero-order valence-electron chi connectivity index (χ0n) is 11.7. The Bertz CT molecular complexity index is 507. The van der Waals surface area contributed by atoms with Crippen LogP contribution in [0.5, 0.6) is 5.75 Å². The van der Waals surface area contributed by atoms with Gasteiger partial charge in [-0.25, -0.2) is 0 Å². The topological polar surface area (TPSA) is 59.3 Å². The lowest BCUT2D eigenvalue weighted by atomic mass is 9.97. The number of halogens is 1. The molecule has 0 unspecified atom stereocenters. The number of phenolic OH excluding ortho intramolecular Hbond substituents is 1. The Morgan fingerprint density at radius 1 is 1.45 bits per heavy atom. The fourth-order valence-corrected chi connectivity index (χ4v) is 3.22. The molecule has 2 rings (SSSR count). The van der Waals surface area contributed by atoms with Gasteiger partial charge in [-0.1, -0.05) is 13.3 Å². The molecule has 1 aromatic rings. The molecule has 1 aliphatic rings. The van der Waals surface area contributed by atoms with Gasteiger partial charge in [-0.05, 0) is 34.5 Å². The first-order valence-corrected chi connectivity index (χ1v) is 7.84.